The number of carbonyl (C=O) groups excluding carboxylic acids is 1. The van der Waals surface area contributed by atoms with E-state index in [2.05, 4.69) is 17.5 Å². The highest BCUT2D eigenvalue weighted by molar-refractivity contribution is 5.91. The van der Waals surface area contributed by atoms with Gasteiger partial charge in [-0.3, -0.25) is 4.79 Å². The number of nitrogens with zero attached hydrogens (tertiary/aromatic N) is 2. The largest absolute Gasteiger partial charge is 0.494 e. The molecule has 0 bridgehead atoms. The highest BCUT2D eigenvalue weighted by Gasteiger charge is 2.06. The Morgan fingerprint density at radius 3 is 2.72 bits per heavy atom. The van der Waals surface area contributed by atoms with Crippen LogP contribution in [0.25, 0.3) is 0 Å². The predicted octanol–water partition coefficient (Wildman–Crippen LogP) is 3.81. The average molecular weight is 333 g/mol. The van der Waals surface area contributed by atoms with Gasteiger partial charge in [-0.1, -0.05) is 24.3 Å². The van der Waals surface area contributed by atoms with Crippen molar-refractivity contribution in [1.82, 2.24) is 0 Å². The van der Waals surface area contributed by atoms with Gasteiger partial charge in [-0.2, -0.15) is 10.5 Å². The maximum atomic E-state index is 12.0. The van der Waals surface area contributed by atoms with Crippen LogP contribution >= 0.6 is 0 Å². The molecule has 0 spiro atoms. The van der Waals surface area contributed by atoms with Crippen molar-refractivity contribution in [3.05, 3.63) is 59.7 Å². The third kappa shape index (κ3) is 6.01. The maximum Gasteiger partial charge on any atom is 0.224 e. The molecule has 0 saturated carbocycles. The molecule has 126 valence electrons. The van der Waals surface area contributed by atoms with Crippen LogP contribution in [0.1, 0.15) is 30.4 Å². The van der Waals surface area contributed by atoms with E-state index in [0.29, 0.717) is 36.4 Å². The number of nitriles is 2. The molecule has 0 fully saturated rings. The number of nitrogens with one attached hydrogen (secondary N) is 1. The monoisotopic (exact) mass is 333 g/mol. The lowest BCUT2D eigenvalue weighted by atomic mass is 10.1. The first-order chi connectivity index (χ1) is 12.2. The second-order valence-corrected chi connectivity index (χ2v) is 5.49. The molecule has 5 heteroatoms. The standard InChI is InChI=1S/C20H19N3O2/c21-12-11-17-7-1-2-9-19(17)23-20(24)10-3-4-13-25-18-8-5-6-16(14-18)15-22/h1-2,5-9,14H,3-4,10-11,13H2,(H,23,24). The third-order valence-corrected chi connectivity index (χ3v) is 3.59. The zero-order chi connectivity index (χ0) is 17.9. The molecule has 2 rings (SSSR count). The van der Waals surface area contributed by atoms with Gasteiger partial charge in [0.1, 0.15) is 5.75 Å². The third-order valence-electron chi connectivity index (χ3n) is 3.59. The molecule has 0 aliphatic heterocycles. The Balaban J connectivity index is 1.71. The molecular weight excluding hydrogens is 314 g/mol. The predicted molar refractivity (Wildman–Crippen MR) is 94.9 cm³/mol. The van der Waals surface area contributed by atoms with Gasteiger partial charge in [-0.15, -0.1) is 0 Å². The number of carbonyl (C=O) groups is 1. The second-order valence-electron chi connectivity index (χ2n) is 5.49. The number of anilines is 1. The van der Waals surface area contributed by atoms with Crippen LogP contribution in [0, 0.1) is 22.7 Å². The minimum absolute atomic E-state index is 0.0723. The number of unbranched alkanes of at least 4 members (excludes halogenated alkanes) is 1. The minimum atomic E-state index is -0.0723. The van der Waals surface area contributed by atoms with E-state index < -0.39 is 0 Å². The van der Waals surface area contributed by atoms with E-state index in [4.69, 9.17) is 15.3 Å². The van der Waals surface area contributed by atoms with Crippen molar-refractivity contribution in [2.75, 3.05) is 11.9 Å². The summed E-state index contributed by atoms with van der Waals surface area (Å²) >= 11 is 0. The Hall–Kier alpha value is -3.31. The summed E-state index contributed by atoms with van der Waals surface area (Å²) in [5, 5.41) is 20.5. The van der Waals surface area contributed by atoms with Crippen molar-refractivity contribution in [3.8, 4) is 17.9 Å². The van der Waals surface area contributed by atoms with Crippen LogP contribution in [0.4, 0.5) is 5.69 Å². The number of hydrogen-bond acceptors (Lipinski definition) is 4. The smallest absolute Gasteiger partial charge is 0.224 e. The van der Waals surface area contributed by atoms with Crippen molar-refractivity contribution in [3.63, 3.8) is 0 Å². The van der Waals surface area contributed by atoms with Gasteiger partial charge in [0.2, 0.25) is 5.91 Å². The fourth-order valence-corrected chi connectivity index (χ4v) is 2.33. The highest BCUT2D eigenvalue weighted by Crippen LogP contribution is 2.16. The number of para-hydroxylation sites is 1. The molecule has 0 aliphatic carbocycles. The van der Waals surface area contributed by atoms with Crippen LogP contribution in [-0.2, 0) is 11.2 Å². The van der Waals surface area contributed by atoms with E-state index in [-0.39, 0.29) is 12.3 Å². The van der Waals surface area contributed by atoms with E-state index in [1.54, 1.807) is 30.3 Å². The van der Waals surface area contributed by atoms with E-state index >= 15 is 0 Å². The van der Waals surface area contributed by atoms with Gasteiger partial charge in [-0.05, 0) is 42.7 Å². The maximum absolute atomic E-state index is 12.0. The van der Waals surface area contributed by atoms with Crippen LogP contribution in [0.3, 0.4) is 0 Å². The summed E-state index contributed by atoms with van der Waals surface area (Å²) in [5.74, 6) is 0.589. The van der Waals surface area contributed by atoms with Crippen LogP contribution in [0.2, 0.25) is 0 Å². The summed E-state index contributed by atoms with van der Waals surface area (Å²) in [6.45, 7) is 0.493. The van der Waals surface area contributed by atoms with Crippen molar-refractivity contribution >= 4 is 11.6 Å². The first-order valence-corrected chi connectivity index (χ1v) is 8.10. The van der Waals surface area contributed by atoms with E-state index in [9.17, 15) is 4.79 Å². The lowest BCUT2D eigenvalue weighted by molar-refractivity contribution is -0.116. The molecule has 0 unspecified atom stereocenters. The van der Waals surface area contributed by atoms with Gasteiger partial charge >= 0.3 is 0 Å². The normalized spacial score (nSPS) is 9.68. The first-order valence-electron chi connectivity index (χ1n) is 8.10. The molecule has 0 aromatic heterocycles. The number of hydrogen-bond donors (Lipinski definition) is 1. The van der Waals surface area contributed by atoms with Crippen molar-refractivity contribution in [2.45, 2.75) is 25.7 Å². The van der Waals surface area contributed by atoms with Gasteiger partial charge in [0.25, 0.3) is 0 Å². The Labute approximate surface area is 147 Å². The lowest BCUT2D eigenvalue weighted by Crippen LogP contribution is -2.13. The molecule has 2 aromatic rings. The molecule has 0 saturated heterocycles. The molecule has 25 heavy (non-hydrogen) atoms. The molecule has 5 nitrogen and oxygen atoms in total. The van der Waals surface area contributed by atoms with E-state index in [1.807, 2.05) is 18.2 Å². The van der Waals surface area contributed by atoms with Gasteiger partial charge in [0, 0.05) is 12.1 Å². The van der Waals surface area contributed by atoms with Gasteiger partial charge < -0.3 is 10.1 Å². The topological polar surface area (TPSA) is 85.9 Å². The fraction of sp³-hybridized carbons (Fsp3) is 0.250. The quantitative estimate of drug-likeness (QED) is 0.744. The van der Waals surface area contributed by atoms with Crippen molar-refractivity contribution < 1.29 is 9.53 Å². The summed E-state index contributed by atoms with van der Waals surface area (Å²) in [4.78, 5) is 12.0. The summed E-state index contributed by atoms with van der Waals surface area (Å²) in [6.07, 6.45) is 2.10. The van der Waals surface area contributed by atoms with E-state index in [0.717, 1.165) is 12.0 Å². The Morgan fingerprint density at radius 1 is 1.08 bits per heavy atom. The van der Waals surface area contributed by atoms with Crippen molar-refractivity contribution in [1.29, 1.82) is 10.5 Å². The van der Waals surface area contributed by atoms with E-state index in [1.165, 1.54) is 0 Å². The Kier molecular flexibility index (Phi) is 7.03. The summed E-state index contributed by atoms with van der Waals surface area (Å²) < 4.78 is 5.58. The summed E-state index contributed by atoms with van der Waals surface area (Å²) in [6, 6.07) is 18.5. The van der Waals surface area contributed by atoms with Gasteiger partial charge in [0.05, 0.1) is 30.7 Å². The highest BCUT2D eigenvalue weighted by atomic mass is 16.5. The van der Waals surface area contributed by atoms with Crippen LogP contribution in [-0.4, -0.2) is 12.5 Å². The zero-order valence-corrected chi connectivity index (χ0v) is 13.9. The molecule has 1 N–H and O–H groups in total. The summed E-state index contributed by atoms with van der Waals surface area (Å²) in [5.41, 5.74) is 2.07. The average Bonchev–Trinajstić information content (AvgIpc) is 2.63. The van der Waals surface area contributed by atoms with Crippen LogP contribution < -0.4 is 10.1 Å². The number of amides is 1. The molecule has 1 amide bonds. The molecule has 2 aromatic carbocycles. The summed E-state index contributed by atoms with van der Waals surface area (Å²) in [7, 11) is 0. The number of benzene rings is 2. The lowest BCUT2D eigenvalue weighted by Gasteiger charge is -2.09. The number of rotatable bonds is 8. The molecule has 0 aliphatic rings. The molecular formula is C20H19N3O2. The Bertz CT molecular complexity index is 803. The molecule has 0 atom stereocenters. The molecule has 0 heterocycles. The van der Waals surface area contributed by atoms with Crippen LogP contribution in [0.5, 0.6) is 5.75 Å². The van der Waals surface area contributed by atoms with Gasteiger partial charge in [-0.25, -0.2) is 0 Å². The SMILES string of the molecule is N#CCc1ccccc1NC(=O)CCCCOc1cccc(C#N)c1. The first kappa shape index (κ1) is 18.0. The van der Waals surface area contributed by atoms with Crippen molar-refractivity contribution in [2.24, 2.45) is 0 Å². The fourth-order valence-electron chi connectivity index (χ4n) is 2.33. The van der Waals surface area contributed by atoms with Gasteiger partial charge in [0.15, 0.2) is 0 Å². The minimum Gasteiger partial charge on any atom is -0.494 e. The number of ether oxygens (including phenoxy) is 1. The molecule has 0 radical (unpaired) electrons. The Morgan fingerprint density at radius 2 is 1.92 bits per heavy atom. The zero-order valence-electron chi connectivity index (χ0n) is 13.9. The second kappa shape index (κ2) is 9.75. The van der Waals surface area contributed by atoms with Crippen LogP contribution in [0.15, 0.2) is 48.5 Å².